The third kappa shape index (κ3) is 5.70. The number of rotatable bonds is 7. The van der Waals surface area contributed by atoms with Gasteiger partial charge in [-0.25, -0.2) is 4.98 Å². The van der Waals surface area contributed by atoms with E-state index < -0.39 is 17.1 Å². The highest BCUT2D eigenvalue weighted by molar-refractivity contribution is 7.99. The van der Waals surface area contributed by atoms with E-state index in [2.05, 4.69) is 26.1 Å². The first kappa shape index (κ1) is 19.7. The summed E-state index contributed by atoms with van der Waals surface area (Å²) in [6.45, 7) is 5.33. The highest BCUT2D eigenvalue weighted by Gasteiger charge is 2.29. The Morgan fingerprint density at radius 2 is 2.21 bits per heavy atom. The molecule has 0 fully saturated rings. The molecule has 0 saturated carbocycles. The summed E-state index contributed by atoms with van der Waals surface area (Å²) in [5.41, 5.74) is -1.13. The molecule has 0 bridgehead atoms. The van der Waals surface area contributed by atoms with Gasteiger partial charge < -0.3 is 15.0 Å². The van der Waals surface area contributed by atoms with E-state index in [-0.39, 0.29) is 34.8 Å². The summed E-state index contributed by atoms with van der Waals surface area (Å²) in [6.07, 6.45) is -0.125. The second-order valence-corrected chi connectivity index (χ2v) is 6.56. The predicted octanol–water partition coefficient (Wildman–Crippen LogP) is 0.632. The summed E-state index contributed by atoms with van der Waals surface area (Å²) in [7, 11) is 1.25. The van der Waals surface area contributed by atoms with Crippen LogP contribution in [0.4, 0.5) is 0 Å². The second kappa shape index (κ2) is 8.49. The molecule has 9 heteroatoms. The van der Waals surface area contributed by atoms with Crippen molar-refractivity contribution in [1.82, 2.24) is 15.3 Å². The van der Waals surface area contributed by atoms with Crippen LogP contribution < -0.4 is 10.9 Å². The molecule has 130 valence electrons. The minimum Gasteiger partial charge on any atom is -0.469 e. The molecule has 1 rings (SSSR count). The fourth-order valence-corrected chi connectivity index (χ4v) is 2.32. The van der Waals surface area contributed by atoms with Crippen molar-refractivity contribution in [3.8, 4) is 6.07 Å². The van der Waals surface area contributed by atoms with E-state index >= 15 is 0 Å². The number of nitriles is 1. The van der Waals surface area contributed by atoms with Gasteiger partial charge in [0, 0.05) is 6.07 Å². The lowest BCUT2D eigenvalue weighted by Crippen LogP contribution is -2.49. The molecule has 1 amide bonds. The number of H-pyrrole nitrogens is 1. The maximum Gasteiger partial charge on any atom is 0.311 e. The molecule has 1 heterocycles. The first-order chi connectivity index (χ1) is 11.2. The summed E-state index contributed by atoms with van der Waals surface area (Å²) < 4.78 is 4.53. The van der Waals surface area contributed by atoms with Gasteiger partial charge in [0.25, 0.3) is 5.56 Å². The molecular weight excluding hydrogens is 332 g/mol. The maximum absolute atomic E-state index is 12.0. The van der Waals surface area contributed by atoms with Crippen LogP contribution in [0.5, 0.6) is 0 Å². The highest BCUT2D eigenvalue weighted by atomic mass is 32.2. The van der Waals surface area contributed by atoms with Crippen molar-refractivity contribution in [2.75, 3.05) is 12.9 Å². The maximum atomic E-state index is 12.0. The quantitative estimate of drug-likeness (QED) is 0.419. The van der Waals surface area contributed by atoms with Crippen LogP contribution in [0.3, 0.4) is 0 Å². The van der Waals surface area contributed by atoms with Crippen molar-refractivity contribution in [3.05, 3.63) is 22.1 Å². The van der Waals surface area contributed by atoms with Crippen molar-refractivity contribution in [1.29, 1.82) is 5.26 Å². The van der Waals surface area contributed by atoms with Gasteiger partial charge in [-0.3, -0.25) is 14.4 Å². The standard InChI is InChI=1S/C15H20N4O4S/c1-9(2)15(3,8-16)19-12(21)7-24-14-17-10(5-11(20)18-14)6-13(22)23-4/h5,9H,6-7H2,1-4H3,(H,19,21)(H,17,18,20)/t15-/m1/s1. The Labute approximate surface area is 144 Å². The number of hydrogen-bond acceptors (Lipinski definition) is 7. The molecule has 0 aliphatic carbocycles. The number of amides is 1. The Bertz CT molecular complexity index is 710. The van der Waals surface area contributed by atoms with E-state index in [0.29, 0.717) is 0 Å². The summed E-state index contributed by atoms with van der Waals surface area (Å²) in [6, 6.07) is 3.29. The smallest absolute Gasteiger partial charge is 0.311 e. The predicted molar refractivity (Wildman–Crippen MR) is 88.3 cm³/mol. The van der Waals surface area contributed by atoms with E-state index in [9.17, 15) is 19.6 Å². The lowest BCUT2D eigenvalue weighted by Gasteiger charge is -2.27. The third-order valence-electron chi connectivity index (χ3n) is 3.45. The number of esters is 1. The van der Waals surface area contributed by atoms with Crippen LogP contribution in [0.2, 0.25) is 0 Å². The van der Waals surface area contributed by atoms with Crippen molar-refractivity contribution in [2.45, 2.75) is 37.9 Å². The van der Waals surface area contributed by atoms with Crippen LogP contribution >= 0.6 is 11.8 Å². The molecule has 0 aromatic carbocycles. The third-order valence-corrected chi connectivity index (χ3v) is 4.33. The zero-order valence-corrected chi connectivity index (χ0v) is 14.8. The summed E-state index contributed by atoms with van der Waals surface area (Å²) >= 11 is 1.01. The summed E-state index contributed by atoms with van der Waals surface area (Å²) in [4.78, 5) is 41.4. The molecule has 0 radical (unpaired) electrons. The van der Waals surface area contributed by atoms with Gasteiger partial charge in [-0.15, -0.1) is 0 Å². The van der Waals surface area contributed by atoms with E-state index in [1.165, 1.54) is 13.2 Å². The van der Waals surface area contributed by atoms with Gasteiger partial charge in [-0.1, -0.05) is 25.6 Å². The number of carbonyl (C=O) groups is 2. The molecule has 0 saturated heterocycles. The van der Waals surface area contributed by atoms with E-state index in [1.54, 1.807) is 6.92 Å². The molecule has 1 aromatic heterocycles. The van der Waals surface area contributed by atoms with Crippen LogP contribution in [-0.2, 0) is 20.7 Å². The van der Waals surface area contributed by atoms with Crippen molar-refractivity contribution < 1.29 is 14.3 Å². The van der Waals surface area contributed by atoms with E-state index in [0.717, 1.165) is 11.8 Å². The number of methoxy groups -OCH3 is 1. The molecule has 0 unspecified atom stereocenters. The molecule has 1 aromatic rings. The van der Waals surface area contributed by atoms with Gasteiger partial charge in [-0.05, 0) is 12.8 Å². The Kier molecular flexibility index (Phi) is 6.97. The first-order valence-electron chi connectivity index (χ1n) is 7.22. The minimum atomic E-state index is -0.967. The van der Waals surface area contributed by atoms with Crippen LogP contribution in [0.15, 0.2) is 16.0 Å². The molecule has 0 aliphatic heterocycles. The first-order valence-corrected chi connectivity index (χ1v) is 8.21. The topological polar surface area (TPSA) is 125 Å². The normalized spacial score (nSPS) is 13.0. The van der Waals surface area contributed by atoms with E-state index in [1.807, 2.05) is 13.8 Å². The van der Waals surface area contributed by atoms with Gasteiger partial charge in [0.2, 0.25) is 5.91 Å². The van der Waals surface area contributed by atoms with Gasteiger partial charge in [0.15, 0.2) is 5.16 Å². The summed E-state index contributed by atoms with van der Waals surface area (Å²) in [5.74, 6) is -0.936. The molecule has 8 nitrogen and oxygen atoms in total. The van der Waals surface area contributed by atoms with Crippen LogP contribution in [0.25, 0.3) is 0 Å². The number of aromatic amines is 1. The number of hydrogen-bond donors (Lipinski definition) is 2. The van der Waals surface area contributed by atoms with Crippen LogP contribution in [0, 0.1) is 17.2 Å². The lowest BCUT2D eigenvalue weighted by atomic mass is 9.90. The fourth-order valence-electron chi connectivity index (χ4n) is 1.62. The number of nitrogens with zero attached hydrogens (tertiary/aromatic N) is 2. The van der Waals surface area contributed by atoms with Gasteiger partial charge in [0.1, 0.15) is 5.54 Å². The number of ether oxygens (including phenoxy) is 1. The van der Waals surface area contributed by atoms with Crippen molar-refractivity contribution in [2.24, 2.45) is 5.92 Å². The lowest BCUT2D eigenvalue weighted by molar-refractivity contribution is -0.139. The van der Waals surface area contributed by atoms with E-state index in [4.69, 9.17) is 0 Å². The Morgan fingerprint density at radius 1 is 1.54 bits per heavy atom. The average Bonchev–Trinajstić information content (AvgIpc) is 2.52. The number of carbonyl (C=O) groups excluding carboxylic acids is 2. The largest absolute Gasteiger partial charge is 0.469 e. The molecule has 2 N–H and O–H groups in total. The fraction of sp³-hybridized carbons (Fsp3) is 0.533. The van der Waals surface area contributed by atoms with Crippen molar-refractivity contribution in [3.63, 3.8) is 0 Å². The highest BCUT2D eigenvalue weighted by Crippen LogP contribution is 2.17. The zero-order chi connectivity index (χ0) is 18.3. The molecule has 1 atom stereocenters. The number of thioether (sulfide) groups is 1. The van der Waals surface area contributed by atoms with Gasteiger partial charge >= 0.3 is 5.97 Å². The van der Waals surface area contributed by atoms with Crippen LogP contribution in [-0.4, -0.2) is 40.2 Å². The Hall–Kier alpha value is -2.34. The second-order valence-electron chi connectivity index (χ2n) is 5.60. The monoisotopic (exact) mass is 352 g/mol. The number of aromatic nitrogens is 2. The minimum absolute atomic E-state index is 0.0192. The average molecular weight is 352 g/mol. The molecule has 24 heavy (non-hydrogen) atoms. The Balaban J connectivity index is 2.74. The van der Waals surface area contributed by atoms with Crippen molar-refractivity contribution >= 4 is 23.6 Å². The SMILES string of the molecule is COC(=O)Cc1cc(=O)[nH]c(SCC(=O)N[C@](C)(C#N)C(C)C)n1. The Morgan fingerprint density at radius 3 is 2.75 bits per heavy atom. The molecule has 0 spiro atoms. The molecule has 0 aliphatic rings. The van der Waals surface area contributed by atoms with Crippen LogP contribution in [0.1, 0.15) is 26.5 Å². The molecular formula is C15H20N4O4S. The van der Waals surface area contributed by atoms with Gasteiger partial charge in [0.05, 0.1) is 31.0 Å². The van der Waals surface area contributed by atoms with Gasteiger partial charge in [-0.2, -0.15) is 5.26 Å². The number of nitrogens with one attached hydrogen (secondary N) is 2. The summed E-state index contributed by atoms with van der Waals surface area (Å²) in [5, 5.41) is 12.1. The zero-order valence-electron chi connectivity index (χ0n) is 14.0.